The zero-order valence-corrected chi connectivity index (χ0v) is 9.07. The molecule has 0 saturated heterocycles. The van der Waals surface area contributed by atoms with Gasteiger partial charge >= 0.3 is 6.09 Å². The van der Waals surface area contributed by atoms with E-state index in [9.17, 15) is 4.79 Å². The van der Waals surface area contributed by atoms with Crippen LogP contribution in [-0.2, 0) is 4.74 Å². The van der Waals surface area contributed by atoms with Gasteiger partial charge in [-0.3, -0.25) is 5.32 Å². The molecule has 1 rings (SSSR count). The minimum atomic E-state index is -0.521. The van der Waals surface area contributed by atoms with Crippen molar-refractivity contribution in [3.05, 3.63) is 18.3 Å². The number of amides is 1. The number of methoxy groups -OCH3 is 1. The minimum absolute atomic E-state index is 0.353. The van der Waals surface area contributed by atoms with Crippen LogP contribution in [0.5, 0.6) is 0 Å². The summed E-state index contributed by atoms with van der Waals surface area (Å²) in [6.45, 7) is 4.08. The molecule has 0 aromatic carbocycles. The maximum Gasteiger partial charge on any atom is 0.412 e. The number of hydrogen-bond acceptors (Lipinski definition) is 4. The monoisotopic (exact) mass is 209 g/mol. The Morgan fingerprint density at radius 2 is 2.20 bits per heavy atom. The molecule has 1 aromatic heterocycles. The number of carbonyl (C=O) groups is 1. The van der Waals surface area contributed by atoms with Crippen LogP contribution in [0.1, 0.15) is 13.8 Å². The molecular weight excluding hydrogens is 194 g/mol. The second-order valence-electron chi connectivity index (χ2n) is 3.35. The van der Waals surface area contributed by atoms with E-state index in [1.807, 2.05) is 19.9 Å². The lowest BCUT2D eigenvalue weighted by atomic mass is 10.3. The summed E-state index contributed by atoms with van der Waals surface area (Å²) in [5, 5.41) is 5.66. The molecule has 5 heteroatoms. The van der Waals surface area contributed by atoms with Gasteiger partial charge in [0.05, 0.1) is 19.0 Å². The van der Waals surface area contributed by atoms with Gasteiger partial charge in [0.2, 0.25) is 0 Å². The molecule has 82 valence electrons. The van der Waals surface area contributed by atoms with E-state index in [2.05, 4.69) is 20.4 Å². The first-order chi connectivity index (χ1) is 7.11. The van der Waals surface area contributed by atoms with Crippen molar-refractivity contribution in [3.63, 3.8) is 0 Å². The van der Waals surface area contributed by atoms with Crippen molar-refractivity contribution in [1.82, 2.24) is 4.98 Å². The highest BCUT2D eigenvalue weighted by Crippen LogP contribution is 2.10. The molecule has 0 aliphatic carbocycles. The number of pyridine rings is 1. The van der Waals surface area contributed by atoms with Gasteiger partial charge in [-0.05, 0) is 26.0 Å². The standard InChI is InChI=1S/C10H15N3O2/c1-7(2)12-8-4-5-9(11-6-8)13-10(14)15-3/h4-7,12H,1-3H3,(H,11,13,14). The maximum absolute atomic E-state index is 10.9. The molecule has 2 N–H and O–H groups in total. The van der Waals surface area contributed by atoms with Crippen LogP contribution in [-0.4, -0.2) is 24.2 Å². The van der Waals surface area contributed by atoms with Gasteiger partial charge in [-0.15, -0.1) is 0 Å². The van der Waals surface area contributed by atoms with Gasteiger partial charge in [0.15, 0.2) is 0 Å². The summed E-state index contributed by atoms with van der Waals surface area (Å²) in [6, 6.07) is 3.91. The van der Waals surface area contributed by atoms with E-state index >= 15 is 0 Å². The average Bonchev–Trinajstić information content (AvgIpc) is 2.20. The first kappa shape index (κ1) is 11.3. The van der Waals surface area contributed by atoms with Gasteiger partial charge < -0.3 is 10.1 Å². The van der Waals surface area contributed by atoms with Crippen LogP contribution in [0.4, 0.5) is 16.3 Å². The number of aromatic nitrogens is 1. The molecule has 0 saturated carbocycles. The Kier molecular flexibility index (Phi) is 3.91. The van der Waals surface area contributed by atoms with Crippen molar-refractivity contribution in [2.75, 3.05) is 17.7 Å². The lowest BCUT2D eigenvalue weighted by Gasteiger charge is -2.09. The van der Waals surface area contributed by atoms with Gasteiger partial charge in [0, 0.05) is 6.04 Å². The Hall–Kier alpha value is -1.78. The normalized spacial score (nSPS) is 9.87. The predicted molar refractivity (Wildman–Crippen MR) is 59.0 cm³/mol. The number of nitrogens with zero attached hydrogens (tertiary/aromatic N) is 1. The van der Waals surface area contributed by atoms with Crippen molar-refractivity contribution in [1.29, 1.82) is 0 Å². The average molecular weight is 209 g/mol. The Morgan fingerprint density at radius 1 is 1.47 bits per heavy atom. The molecular formula is C10H15N3O2. The summed E-state index contributed by atoms with van der Waals surface area (Å²) >= 11 is 0. The van der Waals surface area contributed by atoms with Gasteiger partial charge in [0.1, 0.15) is 5.82 Å². The topological polar surface area (TPSA) is 63.2 Å². The van der Waals surface area contributed by atoms with E-state index < -0.39 is 6.09 Å². The molecule has 15 heavy (non-hydrogen) atoms. The van der Waals surface area contributed by atoms with Gasteiger partial charge in [-0.25, -0.2) is 9.78 Å². The van der Waals surface area contributed by atoms with Crippen molar-refractivity contribution in [2.45, 2.75) is 19.9 Å². The smallest absolute Gasteiger partial charge is 0.412 e. The van der Waals surface area contributed by atoms with Crippen molar-refractivity contribution >= 4 is 17.6 Å². The number of hydrogen-bond donors (Lipinski definition) is 2. The van der Waals surface area contributed by atoms with Crippen LogP contribution in [0, 0.1) is 0 Å². The SMILES string of the molecule is COC(=O)Nc1ccc(NC(C)C)cn1. The van der Waals surface area contributed by atoms with E-state index in [1.165, 1.54) is 7.11 Å². The van der Waals surface area contributed by atoms with Crippen LogP contribution >= 0.6 is 0 Å². The largest absolute Gasteiger partial charge is 0.453 e. The minimum Gasteiger partial charge on any atom is -0.453 e. The fourth-order valence-electron chi connectivity index (χ4n) is 1.04. The first-order valence-corrected chi connectivity index (χ1v) is 4.69. The Balaban J connectivity index is 2.60. The molecule has 1 heterocycles. The van der Waals surface area contributed by atoms with Gasteiger partial charge in [0.25, 0.3) is 0 Å². The highest BCUT2D eigenvalue weighted by Gasteiger charge is 2.01. The van der Waals surface area contributed by atoms with E-state index in [0.29, 0.717) is 11.9 Å². The van der Waals surface area contributed by atoms with Crippen LogP contribution in [0.25, 0.3) is 0 Å². The van der Waals surface area contributed by atoms with E-state index in [0.717, 1.165) is 5.69 Å². The summed E-state index contributed by atoms with van der Waals surface area (Å²) in [5.74, 6) is 0.469. The maximum atomic E-state index is 10.9. The summed E-state index contributed by atoms with van der Waals surface area (Å²) in [7, 11) is 1.31. The van der Waals surface area contributed by atoms with Crippen molar-refractivity contribution in [3.8, 4) is 0 Å². The predicted octanol–water partition coefficient (Wildman–Crippen LogP) is 2.08. The van der Waals surface area contributed by atoms with Gasteiger partial charge in [-0.1, -0.05) is 0 Å². The highest BCUT2D eigenvalue weighted by molar-refractivity contribution is 5.83. The number of nitrogens with one attached hydrogen (secondary N) is 2. The Morgan fingerprint density at radius 3 is 2.67 bits per heavy atom. The lowest BCUT2D eigenvalue weighted by molar-refractivity contribution is 0.187. The molecule has 0 aliphatic rings. The second kappa shape index (κ2) is 5.19. The first-order valence-electron chi connectivity index (χ1n) is 4.69. The van der Waals surface area contributed by atoms with Crippen LogP contribution in [0.3, 0.4) is 0 Å². The molecule has 1 amide bonds. The summed E-state index contributed by atoms with van der Waals surface area (Å²) in [4.78, 5) is 14.9. The fourth-order valence-corrected chi connectivity index (χ4v) is 1.04. The zero-order chi connectivity index (χ0) is 11.3. The zero-order valence-electron chi connectivity index (χ0n) is 9.07. The number of rotatable bonds is 3. The third kappa shape index (κ3) is 3.84. The lowest BCUT2D eigenvalue weighted by Crippen LogP contribution is -2.13. The van der Waals surface area contributed by atoms with Crippen molar-refractivity contribution < 1.29 is 9.53 Å². The van der Waals surface area contributed by atoms with E-state index in [-0.39, 0.29) is 0 Å². The molecule has 0 fully saturated rings. The van der Waals surface area contributed by atoms with E-state index in [1.54, 1.807) is 12.3 Å². The summed E-state index contributed by atoms with van der Waals surface area (Å²) in [5.41, 5.74) is 0.917. The second-order valence-corrected chi connectivity index (χ2v) is 3.35. The van der Waals surface area contributed by atoms with Crippen molar-refractivity contribution in [2.24, 2.45) is 0 Å². The molecule has 0 radical (unpaired) electrons. The van der Waals surface area contributed by atoms with Gasteiger partial charge in [-0.2, -0.15) is 0 Å². The Labute approximate surface area is 88.9 Å². The summed E-state index contributed by atoms with van der Waals surface area (Å²) < 4.78 is 4.44. The quantitative estimate of drug-likeness (QED) is 0.800. The molecule has 0 bridgehead atoms. The molecule has 0 aliphatic heterocycles. The van der Waals surface area contributed by atoms with E-state index in [4.69, 9.17) is 0 Å². The molecule has 1 aromatic rings. The third-order valence-electron chi connectivity index (χ3n) is 1.63. The number of ether oxygens (including phenoxy) is 1. The molecule has 0 unspecified atom stereocenters. The third-order valence-corrected chi connectivity index (χ3v) is 1.63. The summed E-state index contributed by atoms with van der Waals surface area (Å²) in [6.07, 6.45) is 1.14. The number of carbonyl (C=O) groups excluding carboxylic acids is 1. The molecule has 0 atom stereocenters. The molecule has 0 spiro atoms. The Bertz CT molecular complexity index is 322. The fraction of sp³-hybridized carbons (Fsp3) is 0.400. The molecule has 5 nitrogen and oxygen atoms in total. The van der Waals surface area contributed by atoms with Crippen LogP contribution in [0.15, 0.2) is 18.3 Å². The van der Waals surface area contributed by atoms with Crippen LogP contribution in [0.2, 0.25) is 0 Å². The highest BCUT2D eigenvalue weighted by atomic mass is 16.5. The van der Waals surface area contributed by atoms with Crippen LogP contribution < -0.4 is 10.6 Å². The number of anilines is 2.